The second-order valence-electron chi connectivity index (χ2n) is 4.76. The maximum absolute atomic E-state index is 12.9. The van der Waals surface area contributed by atoms with E-state index in [0.29, 0.717) is 5.75 Å². The number of urea groups is 1. The maximum Gasteiger partial charge on any atom is 0.416 e. The number of nitrogens with one attached hydrogen (secondary N) is 2. The van der Waals surface area contributed by atoms with Crippen molar-refractivity contribution in [1.29, 1.82) is 0 Å². The van der Waals surface area contributed by atoms with Crippen molar-refractivity contribution in [1.82, 2.24) is 5.32 Å². The van der Waals surface area contributed by atoms with E-state index in [1.165, 1.54) is 18.2 Å². The fourth-order valence-electron chi connectivity index (χ4n) is 1.81. The van der Waals surface area contributed by atoms with Gasteiger partial charge in [-0.1, -0.05) is 6.07 Å². The van der Waals surface area contributed by atoms with Crippen LogP contribution in [0.3, 0.4) is 0 Å². The van der Waals surface area contributed by atoms with Gasteiger partial charge in [-0.15, -0.1) is 0 Å². The van der Waals surface area contributed by atoms with Crippen LogP contribution in [-0.4, -0.2) is 19.2 Å². The molecule has 4 nitrogen and oxygen atoms in total. The van der Waals surface area contributed by atoms with Crippen molar-refractivity contribution in [2.24, 2.45) is 0 Å². The summed E-state index contributed by atoms with van der Waals surface area (Å²) in [7, 11) is 0. The summed E-state index contributed by atoms with van der Waals surface area (Å²) in [5, 5.41) is 4.87. The van der Waals surface area contributed by atoms with Crippen LogP contribution in [0.2, 0.25) is 0 Å². The molecule has 128 valence electrons. The summed E-state index contributed by atoms with van der Waals surface area (Å²) < 4.78 is 55.4. The Kier molecular flexibility index (Phi) is 5.62. The molecule has 0 saturated heterocycles. The van der Waals surface area contributed by atoms with Crippen LogP contribution < -0.4 is 15.4 Å². The summed E-state index contributed by atoms with van der Waals surface area (Å²) in [4.78, 5) is 11.6. The van der Waals surface area contributed by atoms with E-state index in [1.807, 2.05) is 0 Å². The van der Waals surface area contributed by atoms with Crippen molar-refractivity contribution in [3.63, 3.8) is 0 Å². The van der Waals surface area contributed by atoms with Gasteiger partial charge in [0, 0.05) is 11.8 Å². The molecule has 0 spiro atoms. The largest absolute Gasteiger partial charge is 0.492 e. The molecule has 0 bridgehead atoms. The van der Waals surface area contributed by atoms with E-state index in [1.54, 1.807) is 6.07 Å². The van der Waals surface area contributed by atoms with E-state index in [2.05, 4.69) is 10.6 Å². The number of anilines is 1. The number of rotatable bonds is 5. The topological polar surface area (TPSA) is 50.4 Å². The van der Waals surface area contributed by atoms with Crippen molar-refractivity contribution in [2.45, 2.75) is 6.18 Å². The number of carbonyl (C=O) groups is 1. The monoisotopic (exact) mass is 342 g/mol. The van der Waals surface area contributed by atoms with Gasteiger partial charge >= 0.3 is 12.2 Å². The van der Waals surface area contributed by atoms with Crippen LogP contribution in [-0.2, 0) is 6.18 Å². The number of hydrogen-bond acceptors (Lipinski definition) is 2. The number of ether oxygens (including phenoxy) is 1. The molecule has 24 heavy (non-hydrogen) atoms. The molecule has 2 aromatic carbocycles. The van der Waals surface area contributed by atoms with Gasteiger partial charge in [-0.3, -0.25) is 0 Å². The highest BCUT2D eigenvalue weighted by atomic mass is 19.4. The number of halogens is 4. The van der Waals surface area contributed by atoms with Crippen molar-refractivity contribution >= 4 is 11.7 Å². The van der Waals surface area contributed by atoms with Gasteiger partial charge in [0.25, 0.3) is 0 Å². The minimum absolute atomic E-state index is 0.115. The molecule has 2 N–H and O–H groups in total. The van der Waals surface area contributed by atoms with Gasteiger partial charge in [0.1, 0.15) is 18.2 Å². The third-order valence-corrected chi connectivity index (χ3v) is 2.92. The molecule has 0 aliphatic carbocycles. The molecule has 2 rings (SSSR count). The van der Waals surface area contributed by atoms with Gasteiger partial charge in [-0.25, -0.2) is 9.18 Å². The molecule has 0 fully saturated rings. The van der Waals surface area contributed by atoms with Gasteiger partial charge in [0.05, 0.1) is 12.1 Å². The predicted octanol–water partition coefficient (Wildman–Crippen LogP) is 4.05. The van der Waals surface area contributed by atoms with E-state index >= 15 is 0 Å². The molecule has 8 heteroatoms. The SMILES string of the molecule is O=C(NCCOc1cccc(F)c1)Nc1ccc(C(F)(F)F)cc1. The third kappa shape index (κ3) is 5.45. The second-order valence-corrected chi connectivity index (χ2v) is 4.76. The molecule has 2 aromatic rings. The Balaban J connectivity index is 1.73. The summed E-state index contributed by atoms with van der Waals surface area (Å²) in [5.41, 5.74) is -0.566. The molecule has 0 radical (unpaired) electrons. The summed E-state index contributed by atoms with van der Waals surface area (Å²) in [6.45, 7) is 0.257. The number of hydrogen-bond donors (Lipinski definition) is 2. The minimum atomic E-state index is -4.42. The lowest BCUT2D eigenvalue weighted by atomic mass is 10.2. The average molecular weight is 342 g/mol. The molecule has 0 heterocycles. The highest BCUT2D eigenvalue weighted by Crippen LogP contribution is 2.29. The molecular formula is C16H14F4N2O2. The van der Waals surface area contributed by atoms with E-state index in [0.717, 1.165) is 24.3 Å². The quantitative estimate of drug-likeness (QED) is 0.636. The Hall–Kier alpha value is -2.77. The Bertz CT molecular complexity index is 687. The molecule has 0 aromatic heterocycles. The standard InChI is InChI=1S/C16H14F4N2O2/c17-12-2-1-3-14(10-12)24-9-8-21-15(23)22-13-6-4-11(5-7-13)16(18,19)20/h1-7,10H,8-9H2,(H2,21,22,23). The molecule has 2 amide bonds. The molecule has 0 saturated carbocycles. The van der Waals surface area contributed by atoms with Gasteiger partial charge in [0.15, 0.2) is 0 Å². The number of amides is 2. The highest BCUT2D eigenvalue weighted by molar-refractivity contribution is 5.89. The van der Waals surface area contributed by atoms with E-state index < -0.39 is 23.6 Å². The van der Waals surface area contributed by atoms with Crippen LogP contribution >= 0.6 is 0 Å². The normalized spacial score (nSPS) is 11.0. The predicted molar refractivity (Wildman–Crippen MR) is 80.4 cm³/mol. The van der Waals surface area contributed by atoms with E-state index in [4.69, 9.17) is 4.74 Å². The first-order valence-electron chi connectivity index (χ1n) is 6.95. The minimum Gasteiger partial charge on any atom is -0.492 e. The molecule has 0 atom stereocenters. The average Bonchev–Trinajstić information content (AvgIpc) is 2.51. The van der Waals surface area contributed by atoms with Crippen LogP contribution in [0.1, 0.15) is 5.56 Å². The Morgan fingerprint density at radius 1 is 1.08 bits per heavy atom. The Labute approximate surface area is 135 Å². The fraction of sp³-hybridized carbons (Fsp3) is 0.188. The zero-order valence-electron chi connectivity index (χ0n) is 12.4. The fourth-order valence-corrected chi connectivity index (χ4v) is 1.81. The maximum atomic E-state index is 12.9. The first-order chi connectivity index (χ1) is 11.3. The van der Waals surface area contributed by atoms with Crippen LogP contribution in [0.25, 0.3) is 0 Å². The van der Waals surface area contributed by atoms with Gasteiger partial charge in [-0.2, -0.15) is 13.2 Å². The summed E-state index contributed by atoms with van der Waals surface area (Å²) in [6.07, 6.45) is -4.42. The van der Waals surface area contributed by atoms with E-state index in [9.17, 15) is 22.4 Å². The zero-order chi connectivity index (χ0) is 17.6. The Morgan fingerprint density at radius 3 is 2.42 bits per heavy atom. The van der Waals surface area contributed by atoms with Crippen LogP contribution in [0.5, 0.6) is 5.75 Å². The van der Waals surface area contributed by atoms with Crippen LogP contribution in [0.4, 0.5) is 28.0 Å². The third-order valence-electron chi connectivity index (χ3n) is 2.92. The first kappa shape index (κ1) is 17.6. The van der Waals surface area contributed by atoms with Gasteiger partial charge in [-0.05, 0) is 36.4 Å². The van der Waals surface area contributed by atoms with Gasteiger partial charge < -0.3 is 15.4 Å². The van der Waals surface area contributed by atoms with Crippen molar-refractivity contribution in [3.05, 3.63) is 59.9 Å². The molecule has 0 unspecified atom stereocenters. The molecule has 0 aliphatic heterocycles. The Morgan fingerprint density at radius 2 is 1.79 bits per heavy atom. The zero-order valence-corrected chi connectivity index (χ0v) is 12.4. The van der Waals surface area contributed by atoms with Crippen molar-refractivity contribution in [3.8, 4) is 5.75 Å². The van der Waals surface area contributed by atoms with Crippen LogP contribution in [0.15, 0.2) is 48.5 Å². The second kappa shape index (κ2) is 7.67. The smallest absolute Gasteiger partial charge is 0.416 e. The summed E-state index contributed by atoms with van der Waals surface area (Å²) in [6, 6.07) is 9.05. The number of benzene rings is 2. The highest BCUT2D eigenvalue weighted by Gasteiger charge is 2.29. The molecular weight excluding hydrogens is 328 g/mol. The lowest BCUT2D eigenvalue weighted by Gasteiger charge is -2.10. The number of alkyl halides is 3. The van der Waals surface area contributed by atoms with Crippen molar-refractivity contribution < 1.29 is 27.1 Å². The lowest BCUT2D eigenvalue weighted by Crippen LogP contribution is -2.32. The first-order valence-corrected chi connectivity index (χ1v) is 6.95. The van der Waals surface area contributed by atoms with Gasteiger partial charge in [0.2, 0.25) is 0 Å². The summed E-state index contributed by atoms with van der Waals surface area (Å²) in [5.74, 6) is -0.0968. The lowest BCUT2D eigenvalue weighted by molar-refractivity contribution is -0.137. The number of carbonyl (C=O) groups excluding carboxylic acids is 1. The van der Waals surface area contributed by atoms with Crippen LogP contribution in [0, 0.1) is 5.82 Å². The molecule has 0 aliphatic rings. The van der Waals surface area contributed by atoms with E-state index in [-0.39, 0.29) is 18.8 Å². The summed E-state index contributed by atoms with van der Waals surface area (Å²) >= 11 is 0. The van der Waals surface area contributed by atoms with Crippen molar-refractivity contribution in [2.75, 3.05) is 18.5 Å².